The Labute approximate surface area is 142 Å². The fraction of sp³-hybridized carbons (Fsp3) is 0.474. The van der Waals surface area contributed by atoms with Gasteiger partial charge in [-0.3, -0.25) is 9.48 Å². The van der Waals surface area contributed by atoms with Crippen molar-refractivity contribution < 1.29 is 4.79 Å². The number of rotatable bonds is 3. The minimum atomic E-state index is 0.000368. The van der Waals surface area contributed by atoms with Crippen LogP contribution in [0.3, 0.4) is 0 Å². The van der Waals surface area contributed by atoms with E-state index in [2.05, 4.69) is 30.0 Å². The van der Waals surface area contributed by atoms with Crippen LogP contribution in [0.2, 0.25) is 0 Å². The average Bonchev–Trinajstić information content (AvgIpc) is 3.37. The monoisotopic (exact) mass is 324 g/mol. The highest BCUT2D eigenvalue weighted by Gasteiger charge is 2.32. The molecule has 2 heterocycles. The number of benzene rings is 1. The number of carbonyl (C=O) groups excluding carboxylic acids is 1. The molecule has 5 nitrogen and oxygen atoms in total. The van der Waals surface area contributed by atoms with Gasteiger partial charge < -0.3 is 9.80 Å². The van der Waals surface area contributed by atoms with Gasteiger partial charge in [-0.1, -0.05) is 12.1 Å². The van der Waals surface area contributed by atoms with Gasteiger partial charge in [-0.25, -0.2) is 0 Å². The van der Waals surface area contributed by atoms with E-state index in [9.17, 15) is 4.79 Å². The van der Waals surface area contributed by atoms with E-state index in [1.165, 1.54) is 12.8 Å². The third kappa shape index (κ3) is 2.48. The Morgan fingerprint density at radius 1 is 1.21 bits per heavy atom. The zero-order chi connectivity index (χ0) is 16.8. The Kier molecular flexibility index (Phi) is 3.59. The number of nitrogens with zero attached hydrogens (tertiary/aromatic N) is 4. The van der Waals surface area contributed by atoms with Crippen molar-refractivity contribution in [2.75, 3.05) is 29.9 Å². The zero-order valence-electron chi connectivity index (χ0n) is 14.6. The predicted octanol–water partition coefficient (Wildman–Crippen LogP) is 3.26. The standard InChI is InChI=1S/C19H24N4O/c1-13-12-16(20-23(13)14(2)15-8-9-15)19(24)22-11-10-21(3)17-6-4-5-7-18(17)22/h4-7,12,14-15H,8-11H2,1-3H3/t14-/m1/s1. The van der Waals surface area contributed by atoms with E-state index in [1.54, 1.807) is 0 Å². The summed E-state index contributed by atoms with van der Waals surface area (Å²) in [5.41, 5.74) is 3.69. The number of anilines is 2. The normalized spacial score (nSPS) is 18.5. The van der Waals surface area contributed by atoms with Crippen LogP contribution in [-0.2, 0) is 0 Å². The number of hydrogen-bond donors (Lipinski definition) is 0. The van der Waals surface area contributed by atoms with Crippen molar-refractivity contribution in [2.24, 2.45) is 5.92 Å². The molecule has 0 bridgehead atoms. The molecule has 24 heavy (non-hydrogen) atoms. The Morgan fingerprint density at radius 3 is 2.62 bits per heavy atom. The van der Waals surface area contributed by atoms with Crippen LogP contribution in [-0.4, -0.2) is 35.8 Å². The number of para-hydroxylation sites is 2. The molecule has 126 valence electrons. The zero-order valence-corrected chi connectivity index (χ0v) is 14.6. The van der Waals surface area contributed by atoms with Crippen molar-refractivity contribution in [3.8, 4) is 0 Å². The van der Waals surface area contributed by atoms with Gasteiger partial charge in [0.1, 0.15) is 0 Å². The first kappa shape index (κ1) is 15.2. The predicted molar refractivity (Wildman–Crippen MR) is 95.8 cm³/mol. The summed E-state index contributed by atoms with van der Waals surface area (Å²) in [4.78, 5) is 17.1. The van der Waals surface area contributed by atoms with Crippen molar-refractivity contribution in [3.05, 3.63) is 41.7 Å². The lowest BCUT2D eigenvalue weighted by molar-refractivity contribution is 0.0981. The highest BCUT2D eigenvalue weighted by atomic mass is 16.2. The molecular weight excluding hydrogens is 300 g/mol. The van der Waals surface area contributed by atoms with E-state index in [1.807, 2.05) is 40.8 Å². The average molecular weight is 324 g/mol. The largest absolute Gasteiger partial charge is 0.371 e. The van der Waals surface area contributed by atoms with Crippen LogP contribution in [0.25, 0.3) is 0 Å². The lowest BCUT2D eigenvalue weighted by atomic mass is 10.1. The molecule has 0 N–H and O–H groups in total. The number of carbonyl (C=O) groups is 1. The van der Waals surface area contributed by atoms with Crippen molar-refractivity contribution in [1.29, 1.82) is 0 Å². The third-order valence-corrected chi connectivity index (χ3v) is 5.32. The second kappa shape index (κ2) is 5.65. The minimum absolute atomic E-state index is 0.000368. The van der Waals surface area contributed by atoms with Gasteiger partial charge in [0.15, 0.2) is 5.69 Å². The van der Waals surface area contributed by atoms with Crippen LogP contribution in [0.1, 0.15) is 42.0 Å². The lowest BCUT2D eigenvalue weighted by Crippen LogP contribution is -2.42. The van der Waals surface area contributed by atoms with Crippen molar-refractivity contribution in [1.82, 2.24) is 9.78 Å². The highest BCUT2D eigenvalue weighted by Crippen LogP contribution is 2.40. The summed E-state index contributed by atoms with van der Waals surface area (Å²) in [5.74, 6) is 0.719. The van der Waals surface area contributed by atoms with Crippen molar-refractivity contribution >= 4 is 17.3 Å². The van der Waals surface area contributed by atoms with Crippen LogP contribution >= 0.6 is 0 Å². The number of fused-ring (bicyclic) bond motifs is 1. The van der Waals surface area contributed by atoms with E-state index in [4.69, 9.17) is 0 Å². The summed E-state index contributed by atoms with van der Waals surface area (Å²) < 4.78 is 2.03. The molecule has 1 saturated carbocycles. The Hall–Kier alpha value is -2.30. The maximum atomic E-state index is 13.1. The summed E-state index contributed by atoms with van der Waals surface area (Å²) >= 11 is 0. The summed E-state index contributed by atoms with van der Waals surface area (Å²) in [6, 6.07) is 10.4. The summed E-state index contributed by atoms with van der Waals surface area (Å²) in [7, 11) is 2.07. The molecule has 0 saturated heterocycles. The Balaban J connectivity index is 1.65. The maximum absolute atomic E-state index is 13.1. The molecule has 1 aliphatic heterocycles. The van der Waals surface area contributed by atoms with Gasteiger partial charge in [0.2, 0.25) is 0 Å². The molecule has 5 heteroatoms. The Morgan fingerprint density at radius 2 is 1.92 bits per heavy atom. The number of hydrogen-bond acceptors (Lipinski definition) is 3. The van der Waals surface area contributed by atoms with E-state index < -0.39 is 0 Å². The van der Waals surface area contributed by atoms with Crippen molar-refractivity contribution in [2.45, 2.75) is 32.7 Å². The van der Waals surface area contributed by atoms with Gasteiger partial charge in [-0.15, -0.1) is 0 Å². The molecule has 1 fully saturated rings. The topological polar surface area (TPSA) is 41.4 Å². The van der Waals surface area contributed by atoms with Gasteiger partial charge in [0.25, 0.3) is 5.91 Å². The van der Waals surface area contributed by atoms with Gasteiger partial charge in [-0.2, -0.15) is 5.10 Å². The van der Waals surface area contributed by atoms with Gasteiger partial charge in [-0.05, 0) is 50.8 Å². The first-order chi connectivity index (χ1) is 11.6. The summed E-state index contributed by atoms with van der Waals surface area (Å²) in [6.07, 6.45) is 2.55. The van der Waals surface area contributed by atoms with Crippen LogP contribution in [0.5, 0.6) is 0 Å². The number of aromatic nitrogens is 2. The molecule has 2 aromatic rings. The fourth-order valence-corrected chi connectivity index (χ4v) is 3.64. The van der Waals surface area contributed by atoms with Crippen LogP contribution in [0.4, 0.5) is 11.4 Å². The van der Waals surface area contributed by atoms with E-state index >= 15 is 0 Å². The van der Waals surface area contributed by atoms with Crippen molar-refractivity contribution in [3.63, 3.8) is 0 Å². The quantitative estimate of drug-likeness (QED) is 0.870. The number of amides is 1. The van der Waals surface area contributed by atoms with E-state index in [0.29, 0.717) is 18.3 Å². The highest BCUT2D eigenvalue weighted by molar-refractivity contribution is 6.07. The molecule has 1 atom stereocenters. The maximum Gasteiger partial charge on any atom is 0.278 e. The summed E-state index contributed by atoms with van der Waals surface area (Å²) in [5, 5.41) is 4.65. The molecule has 0 radical (unpaired) electrons. The second-order valence-electron chi connectivity index (χ2n) is 7.06. The van der Waals surface area contributed by atoms with Crippen LogP contribution in [0.15, 0.2) is 30.3 Å². The molecule has 1 amide bonds. The minimum Gasteiger partial charge on any atom is -0.371 e. The van der Waals surface area contributed by atoms with E-state index in [-0.39, 0.29) is 5.91 Å². The molecule has 2 aliphatic rings. The summed E-state index contributed by atoms with van der Waals surface area (Å²) in [6.45, 7) is 5.77. The van der Waals surface area contributed by atoms with Crippen LogP contribution in [0, 0.1) is 12.8 Å². The number of likely N-dealkylation sites (N-methyl/N-ethyl adjacent to an activating group) is 1. The molecular formula is C19H24N4O. The smallest absolute Gasteiger partial charge is 0.278 e. The molecule has 4 rings (SSSR count). The SMILES string of the molecule is Cc1cc(C(=O)N2CCN(C)c3ccccc32)nn1[C@H](C)C1CC1. The molecule has 1 aromatic carbocycles. The Bertz CT molecular complexity index is 777. The van der Waals surface area contributed by atoms with Gasteiger partial charge in [0.05, 0.1) is 17.4 Å². The second-order valence-corrected chi connectivity index (χ2v) is 7.06. The molecule has 0 unspecified atom stereocenters. The lowest BCUT2D eigenvalue weighted by Gasteiger charge is -2.35. The number of aryl methyl sites for hydroxylation is 1. The van der Waals surface area contributed by atoms with Gasteiger partial charge in [0, 0.05) is 25.8 Å². The molecule has 1 aromatic heterocycles. The fourth-order valence-electron chi connectivity index (χ4n) is 3.64. The van der Waals surface area contributed by atoms with Gasteiger partial charge >= 0.3 is 0 Å². The van der Waals surface area contributed by atoms with Crippen LogP contribution < -0.4 is 9.80 Å². The van der Waals surface area contributed by atoms with E-state index in [0.717, 1.165) is 29.5 Å². The first-order valence-corrected chi connectivity index (χ1v) is 8.74. The third-order valence-electron chi connectivity index (χ3n) is 5.32. The molecule has 0 spiro atoms. The molecule has 1 aliphatic carbocycles. The first-order valence-electron chi connectivity index (χ1n) is 8.74.